The summed E-state index contributed by atoms with van der Waals surface area (Å²) in [5.41, 5.74) is 9.15. The van der Waals surface area contributed by atoms with E-state index < -0.39 is 0 Å². The van der Waals surface area contributed by atoms with Gasteiger partial charge in [0.15, 0.2) is 0 Å². The molecule has 10 rings (SSSR count). The molecule has 0 bridgehead atoms. The Hall–Kier alpha value is -5.28. The third-order valence-corrected chi connectivity index (χ3v) is 8.62. The summed E-state index contributed by atoms with van der Waals surface area (Å²) in [6, 6.07) is 43.6. The summed E-state index contributed by atoms with van der Waals surface area (Å²) in [6.45, 7) is 0. The van der Waals surface area contributed by atoms with E-state index in [2.05, 4.69) is 124 Å². The molecule has 0 fully saturated rings. The summed E-state index contributed by atoms with van der Waals surface area (Å²) in [5, 5.41) is 9.83. The van der Waals surface area contributed by atoms with Gasteiger partial charge in [-0.3, -0.25) is 0 Å². The molecule has 3 nitrogen and oxygen atoms in total. The molecule has 0 aliphatic carbocycles. The maximum atomic E-state index is 6.69. The maximum Gasteiger partial charge on any atom is 0.145 e. The van der Waals surface area contributed by atoms with E-state index in [1.165, 1.54) is 59.9 Å². The number of aromatic nitrogens is 2. The second-order valence-corrected chi connectivity index (χ2v) is 10.5. The lowest BCUT2D eigenvalue weighted by molar-refractivity contribution is 0.673. The van der Waals surface area contributed by atoms with Gasteiger partial charge in [0.1, 0.15) is 11.2 Å². The molecule has 0 amide bonds. The molecule has 0 atom stereocenters. The van der Waals surface area contributed by atoms with Gasteiger partial charge in [-0.15, -0.1) is 0 Å². The Balaban J connectivity index is 1.61. The molecule has 180 valence electrons. The normalized spacial score (nSPS) is 12.6. The molecule has 39 heavy (non-hydrogen) atoms. The average Bonchev–Trinajstić information content (AvgIpc) is 3.72. The number of rotatable bonds is 1. The first-order valence-electron chi connectivity index (χ1n) is 13.4. The molecule has 0 unspecified atom stereocenters. The molecule has 0 aliphatic heterocycles. The molecule has 4 aromatic heterocycles. The summed E-state index contributed by atoms with van der Waals surface area (Å²) in [6.07, 6.45) is 0. The molecule has 0 radical (unpaired) electrons. The maximum absolute atomic E-state index is 6.69. The second-order valence-electron chi connectivity index (χ2n) is 10.5. The Kier molecular flexibility index (Phi) is 3.44. The van der Waals surface area contributed by atoms with Gasteiger partial charge >= 0.3 is 0 Å². The third kappa shape index (κ3) is 2.27. The van der Waals surface area contributed by atoms with Crippen LogP contribution in [0.25, 0.3) is 87.5 Å². The highest BCUT2D eigenvalue weighted by Crippen LogP contribution is 2.48. The van der Waals surface area contributed by atoms with Crippen LogP contribution in [0, 0.1) is 0 Å². The van der Waals surface area contributed by atoms with Crippen LogP contribution in [-0.2, 0) is 0 Å². The zero-order chi connectivity index (χ0) is 25.2. The van der Waals surface area contributed by atoms with Crippen molar-refractivity contribution >= 4 is 81.8 Å². The summed E-state index contributed by atoms with van der Waals surface area (Å²) in [7, 11) is 0. The first kappa shape index (κ1) is 19.8. The predicted molar refractivity (Wildman–Crippen MR) is 163 cm³/mol. The molecule has 10 aromatic rings. The van der Waals surface area contributed by atoms with Gasteiger partial charge in [-0.05, 0) is 48.5 Å². The van der Waals surface area contributed by atoms with Crippen molar-refractivity contribution in [2.24, 2.45) is 0 Å². The molecule has 0 saturated carbocycles. The molecule has 6 aromatic carbocycles. The molecule has 0 spiro atoms. The number of para-hydroxylation sites is 4. The fraction of sp³-hybridized carbons (Fsp3) is 0. The zero-order valence-corrected chi connectivity index (χ0v) is 20.8. The summed E-state index contributed by atoms with van der Waals surface area (Å²) < 4.78 is 11.6. The number of furan rings is 1. The van der Waals surface area contributed by atoms with Gasteiger partial charge in [0.2, 0.25) is 0 Å². The minimum atomic E-state index is 0.925. The van der Waals surface area contributed by atoms with Crippen LogP contribution >= 0.6 is 0 Å². The van der Waals surface area contributed by atoms with Crippen molar-refractivity contribution < 1.29 is 4.42 Å². The van der Waals surface area contributed by atoms with Crippen molar-refractivity contribution in [1.82, 2.24) is 8.97 Å². The van der Waals surface area contributed by atoms with Crippen LogP contribution in [0.5, 0.6) is 0 Å². The van der Waals surface area contributed by atoms with Crippen molar-refractivity contribution in [3.8, 4) is 5.69 Å². The van der Waals surface area contributed by atoms with Crippen molar-refractivity contribution in [2.45, 2.75) is 0 Å². The summed E-state index contributed by atoms with van der Waals surface area (Å²) in [4.78, 5) is 0. The van der Waals surface area contributed by atoms with Gasteiger partial charge in [-0.1, -0.05) is 72.8 Å². The number of hydrogen-bond acceptors (Lipinski definition) is 1. The van der Waals surface area contributed by atoms with Gasteiger partial charge in [0.25, 0.3) is 0 Å². The van der Waals surface area contributed by atoms with Gasteiger partial charge in [-0.25, -0.2) is 0 Å². The van der Waals surface area contributed by atoms with Gasteiger partial charge < -0.3 is 13.4 Å². The van der Waals surface area contributed by atoms with E-state index in [1.54, 1.807) is 0 Å². The lowest BCUT2D eigenvalue weighted by atomic mass is 10.0. The van der Waals surface area contributed by atoms with Crippen LogP contribution < -0.4 is 0 Å². The van der Waals surface area contributed by atoms with Gasteiger partial charge in [-0.2, -0.15) is 0 Å². The fourth-order valence-electron chi connectivity index (χ4n) is 7.11. The smallest absolute Gasteiger partial charge is 0.145 e. The van der Waals surface area contributed by atoms with Crippen molar-refractivity contribution in [3.63, 3.8) is 0 Å². The van der Waals surface area contributed by atoms with Crippen LogP contribution in [-0.4, -0.2) is 8.97 Å². The molecular formula is C36H20N2O. The van der Waals surface area contributed by atoms with E-state index in [-0.39, 0.29) is 0 Å². The molecule has 0 saturated heterocycles. The van der Waals surface area contributed by atoms with Crippen molar-refractivity contribution in [2.75, 3.05) is 0 Å². The number of fused-ring (bicyclic) bond motifs is 14. The van der Waals surface area contributed by atoms with Crippen LogP contribution in [0.2, 0.25) is 0 Å². The third-order valence-electron chi connectivity index (χ3n) is 8.62. The Morgan fingerprint density at radius 3 is 1.95 bits per heavy atom. The Labute approximate surface area is 222 Å². The monoisotopic (exact) mass is 496 g/mol. The van der Waals surface area contributed by atoms with Crippen LogP contribution in [0.1, 0.15) is 0 Å². The van der Waals surface area contributed by atoms with Gasteiger partial charge in [0, 0.05) is 43.4 Å². The quantitative estimate of drug-likeness (QED) is 0.222. The highest BCUT2D eigenvalue weighted by Gasteiger charge is 2.26. The molecule has 0 N–H and O–H groups in total. The van der Waals surface area contributed by atoms with E-state index >= 15 is 0 Å². The minimum Gasteiger partial charge on any atom is -0.455 e. The second kappa shape index (κ2) is 6.77. The topological polar surface area (TPSA) is 22.5 Å². The van der Waals surface area contributed by atoms with Crippen molar-refractivity contribution in [3.05, 3.63) is 121 Å². The Morgan fingerprint density at radius 2 is 1.10 bits per heavy atom. The van der Waals surface area contributed by atoms with Crippen LogP contribution in [0.15, 0.2) is 126 Å². The summed E-state index contributed by atoms with van der Waals surface area (Å²) in [5.74, 6) is 0. The zero-order valence-electron chi connectivity index (χ0n) is 20.8. The van der Waals surface area contributed by atoms with E-state index in [4.69, 9.17) is 4.42 Å². The molecule has 0 aliphatic rings. The SMILES string of the molecule is c1ccc(-n2c3ccccc3c3cc4c5ccccc5n5c6ccc7c8ccccc8oc7c6c(c32)c45)cc1. The minimum absolute atomic E-state index is 0.925. The highest BCUT2D eigenvalue weighted by molar-refractivity contribution is 6.37. The average molecular weight is 497 g/mol. The highest BCUT2D eigenvalue weighted by atomic mass is 16.3. The van der Waals surface area contributed by atoms with E-state index in [0.29, 0.717) is 0 Å². The van der Waals surface area contributed by atoms with Gasteiger partial charge in [0.05, 0.1) is 33.0 Å². The molecule has 3 heteroatoms. The Bertz CT molecular complexity index is 2600. The fourth-order valence-corrected chi connectivity index (χ4v) is 7.11. The Morgan fingerprint density at radius 1 is 0.436 bits per heavy atom. The predicted octanol–water partition coefficient (Wildman–Crippen LogP) is 9.83. The summed E-state index contributed by atoms with van der Waals surface area (Å²) >= 11 is 0. The number of nitrogens with zero attached hydrogens (tertiary/aromatic N) is 2. The number of benzene rings is 6. The van der Waals surface area contributed by atoms with E-state index in [1.807, 2.05) is 6.07 Å². The van der Waals surface area contributed by atoms with Crippen LogP contribution in [0.3, 0.4) is 0 Å². The largest absolute Gasteiger partial charge is 0.455 e. The first-order valence-corrected chi connectivity index (χ1v) is 13.4. The lowest BCUT2D eigenvalue weighted by Gasteiger charge is -2.09. The standard InChI is InChI=1S/C36H20N2O/c1-2-10-21(11-3-1)37-28-15-7-4-12-22(28)26-20-27-23-13-5-8-16-29(23)38-30-19-18-25-24-14-6-9-17-31(24)39-36(25)32(30)33(34(26)37)35(27)38/h1-20H. The van der Waals surface area contributed by atoms with E-state index in [0.717, 1.165) is 27.6 Å². The van der Waals surface area contributed by atoms with Crippen LogP contribution in [0.4, 0.5) is 0 Å². The van der Waals surface area contributed by atoms with E-state index in [9.17, 15) is 0 Å². The van der Waals surface area contributed by atoms with Crippen molar-refractivity contribution in [1.29, 1.82) is 0 Å². The lowest BCUT2D eigenvalue weighted by Crippen LogP contribution is -1.93. The number of hydrogen-bond donors (Lipinski definition) is 0. The molecule has 4 heterocycles. The molecular weight excluding hydrogens is 476 g/mol. The first-order chi connectivity index (χ1) is 19.4.